The Bertz CT molecular complexity index is 1130. The SMILES string of the molecule is CC(=O)N1c2cc(-c3ccc(F)cc3)c(C)cc2-c2sc(=S)sc2C1(C)C. The van der Waals surface area contributed by atoms with Gasteiger partial charge >= 0.3 is 0 Å². The van der Waals surface area contributed by atoms with Gasteiger partial charge in [0.25, 0.3) is 0 Å². The van der Waals surface area contributed by atoms with E-state index in [1.807, 2.05) is 11.8 Å². The molecular formula is C21H18FNOS3. The number of hydrogen-bond acceptors (Lipinski definition) is 4. The molecule has 27 heavy (non-hydrogen) atoms. The predicted molar refractivity (Wildman–Crippen MR) is 115 cm³/mol. The van der Waals surface area contributed by atoms with Gasteiger partial charge in [0.15, 0.2) is 0 Å². The second kappa shape index (κ2) is 6.33. The summed E-state index contributed by atoms with van der Waals surface area (Å²) in [6.07, 6.45) is 0. The predicted octanol–water partition coefficient (Wildman–Crippen LogP) is 6.92. The highest BCUT2D eigenvalue weighted by atomic mass is 32.2. The van der Waals surface area contributed by atoms with E-state index in [9.17, 15) is 9.18 Å². The average Bonchev–Trinajstić information content (AvgIpc) is 2.99. The first-order valence-corrected chi connectivity index (χ1v) is 10.6. The summed E-state index contributed by atoms with van der Waals surface area (Å²) >= 11 is 8.66. The van der Waals surface area contributed by atoms with Crippen molar-refractivity contribution in [3.63, 3.8) is 0 Å². The summed E-state index contributed by atoms with van der Waals surface area (Å²) in [7, 11) is 0. The second-order valence-corrected chi connectivity index (χ2v) is 10.4. The standard InChI is InChI=1S/C21H18FNOS3/c1-11-9-16-17(10-15(11)13-5-7-14(22)8-6-13)23(12(2)24)21(3,4)19-18(16)26-20(25)27-19/h5-10H,1-4H3. The van der Waals surface area contributed by atoms with Crippen LogP contribution >= 0.6 is 34.9 Å². The first-order valence-electron chi connectivity index (χ1n) is 8.56. The van der Waals surface area contributed by atoms with Gasteiger partial charge in [-0.25, -0.2) is 4.39 Å². The molecule has 4 rings (SSSR count). The van der Waals surface area contributed by atoms with Crippen LogP contribution in [-0.2, 0) is 10.3 Å². The van der Waals surface area contributed by atoms with E-state index < -0.39 is 5.54 Å². The van der Waals surface area contributed by atoms with Crippen LogP contribution in [0.4, 0.5) is 10.1 Å². The fourth-order valence-corrected chi connectivity index (χ4v) is 6.74. The molecule has 0 N–H and O–H groups in total. The van der Waals surface area contributed by atoms with Gasteiger partial charge in [0.1, 0.15) is 8.95 Å². The van der Waals surface area contributed by atoms with Crippen LogP contribution in [0.1, 0.15) is 31.2 Å². The first kappa shape index (κ1) is 18.5. The maximum Gasteiger partial charge on any atom is 0.224 e. The van der Waals surface area contributed by atoms with Crippen LogP contribution in [0.3, 0.4) is 0 Å². The zero-order chi connectivity index (χ0) is 19.5. The molecule has 0 radical (unpaired) electrons. The third-order valence-corrected chi connectivity index (χ3v) is 7.99. The van der Waals surface area contributed by atoms with Gasteiger partial charge in [0.05, 0.1) is 21.0 Å². The van der Waals surface area contributed by atoms with Crippen molar-refractivity contribution in [2.75, 3.05) is 4.90 Å². The highest BCUT2D eigenvalue weighted by Crippen LogP contribution is 2.53. The Labute approximate surface area is 170 Å². The summed E-state index contributed by atoms with van der Waals surface area (Å²) in [5.74, 6) is -0.270. The fourth-order valence-electron chi connectivity index (χ4n) is 3.83. The van der Waals surface area contributed by atoms with Gasteiger partial charge in [0.2, 0.25) is 5.91 Å². The highest BCUT2D eigenvalue weighted by Gasteiger charge is 2.41. The van der Waals surface area contributed by atoms with Gasteiger partial charge in [-0.2, -0.15) is 0 Å². The summed E-state index contributed by atoms with van der Waals surface area (Å²) in [6, 6.07) is 10.6. The van der Waals surface area contributed by atoms with Gasteiger partial charge in [0, 0.05) is 12.5 Å². The van der Waals surface area contributed by atoms with E-state index in [-0.39, 0.29) is 11.7 Å². The van der Waals surface area contributed by atoms with Crippen LogP contribution in [0.15, 0.2) is 36.4 Å². The van der Waals surface area contributed by atoms with Crippen LogP contribution < -0.4 is 4.90 Å². The van der Waals surface area contributed by atoms with E-state index in [0.29, 0.717) is 0 Å². The molecule has 0 fully saturated rings. The number of carbonyl (C=O) groups is 1. The normalized spacial score (nSPS) is 14.6. The van der Waals surface area contributed by atoms with Crippen LogP contribution in [-0.4, -0.2) is 5.91 Å². The van der Waals surface area contributed by atoms with Crippen molar-refractivity contribution < 1.29 is 9.18 Å². The molecule has 0 bridgehead atoms. The Kier molecular flexibility index (Phi) is 4.33. The molecule has 1 amide bonds. The van der Waals surface area contributed by atoms with Crippen LogP contribution in [0, 0.1) is 15.9 Å². The minimum absolute atomic E-state index is 0.00914. The lowest BCUT2D eigenvalue weighted by atomic mass is 9.87. The highest BCUT2D eigenvalue weighted by molar-refractivity contribution is 7.76. The number of hydrogen-bond donors (Lipinski definition) is 0. The van der Waals surface area contributed by atoms with Crippen LogP contribution in [0.2, 0.25) is 0 Å². The minimum atomic E-state index is -0.471. The molecular weight excluding hydrogens is 397 g/mol. The summed E-state index contributed by atoms with van der Waals surface area (Å²) in [4.78, 5) is 16.8. The number of anilines is 1. The minimum Gasteiger partial charge on any atom is -0.301 e. The van der Waals surface area contributed by atoms with Crippen molar-refractivity contribution in [2.24, 2.45) is 0 Å². The van der Waals surface area contributed by atoms with Crippen molar-refractivity contribution in [1.29, 1.82) is 0 Å². The monoisotopic (exact) mass is 415 g/mol. The zero-order valence-electron chi connectivity index (χ0n) is 15.4. The van der Waals surface area contributed by atoms with Crippen molar-refractivity contribution in [3.05, 3.63) is 55.8 Å². The van der Waals surface area contributed by atoms with Crippen molar-refractivity contribution in [2.45, 2.75) is 33.2 Å². The molecule has 1 aromatic heterocycles. The number of nitrogens with zero attached hydrogens (tertiary/aromatic N) is 1. The van der Waals surface area contributed by atoms with Crippen molar-refractivity contribution in [1.82, 2.24) is 0 Å². The Morgan fingerprint density at radius 3 is 2.41 bits per heavy atom. The van der Waals surface area contributed by atoms with E-state index in [1.165, 1.54) is 12.1 Å². The lowest BCUT2D eigenvalue weighted by molar-refractivity contribution is -0.117. The molecule has 0 spiro atoms. The second-order valence-electron chi connectivity index (χ2n) is 7.22. The molecule has 0 aliphatic carbocycles. The van der Waals surface area contributed by atoms with Gasteiger partial charge in [-0.1, -0.05) is 24.4 Å². The fraction of sp³-hybridized carbons (Fsp3) is 0.238. The molecule has 6 heteroatoms. The average molecular weight is 416 g/mol. The first-order chi connectivity index (χ1) is 12.7. The van der Waals surface area contributed by atoms with Gasteiger partial charge in [-0.3, -0.25) is 4.79 Å². The van der Waals surface area contributed by atoms with E-state index >= 15 is 0 Å². The number of carbonyl (C=O) groups excluding carboxylic acids is 1. The number of halogens is 1. The Balaban J connectivity index is 2.03. The maximum absolute atomic E-state index is 13.4. The molecule has 1 aliphatic heterocycles. The Morgan fingerprint density at radius 2 is 1.78 bits per heavy atom. The molecule has 2 aromatic carbocycles. The summed E-state index contributed by atoms with van der Waals surface area (Å²) in [5, 5.41) is 0. The number of rotatable bonds is 1. The van der Waals surface area contributed by atoms with E-state index in [1.54, 1.807) is 41.7 Å². The smallest absolute Gasteiger partial charge is 0.224 e. The molecule has 0 atom stereocenters. The molecule has 0 saturated heterocycles. The lowest BCUT2D eigenvalue weighted by Gasteiger charge is -2.42. The van der Waals surface area contributed by atoms with Gasteiger partial charge in [-0.15, -0.1) is 22.7 Å². The van der Waals surface area contributed by atoms with Gasteiger partial charge < -0.3 is 4.90 Å². The molecule has 2 nitrogen and oxygen atoms in total. The maximum atomic E-state index is 13.4. The lowest BCUT2D eigenvalue weighted by Crippen LogP contribution is -2.46. The number of amides is 1. The summed E-state index contributed by atoms with van der Waals surface area (Å²) in [5.41, 5.74) is 4.47. The third-order valence-electron chi connectivity index (χ3n) is 4.99. The number of fused-ring (bicyclic) bond motifs is 3. The molecule has 0 saturated carbocycles. The Morgan fingerprint density at radius 1 is 1.11 bits per heavy atom. The van der Waals surface area contributed by atoms with Crippen molar-refractivity contribution >= 4 is 46.5 Å². The molecule has 0 unspecified atom stereocenters. The number of aryl methyl sites for hydroxylation is 1. The topological polar surface area (TPSA) is 20.3 Å². The largest absolute Gasteiger partial charge is 0.301 e. The van der Waals surface area contributed by atoms with Gasteiger partial charge in [-0.05, 0) is 61.7 Å². The van der Waals surface area contributed by atoms with E-state index in [4.69, 9.17) is 12.2 Å². The zero-order valence-corrected chi connectivity index (χ0v) is 17.9. The van der Waals surface area contributed by atoms with Crippen LogP contribution in [0.5, 0.6) is 0 Å². The van der Waals surface area contributed by atoms with E-state index in [2.05, 4.69) is 26.0 Å². The molecule has 1 aliphatic rings. The quantitative estimate of drug-likeness (QED) is 0.402. The summed E-state index contributed by atoms with van der Waals surface area (Å²) in [6.45, 7) is 7.76. The third kappa shape index (κ3) is 2.87. The van der Waals surface area contributed by atoms with Crippen molar-refractivity contribution in [3.8, 4) is 21.6 Å². The van der Waals surface area contributed by atoms with E-state index in [0.717, 1.165) is 40.8 Å². The molecule has 3 aromatic rings. The summed E-state index contributed by atoms with van der Waals surface area (Å²) < 4.78 is 14.2. The number of benzene rings is 2. The molecule has 138 valence electrons. The Hall–Kier alpha value is -1.89. The van der Waals surface area contributed by atoms with Crippen LogP contribution in [0.25, 0.3) is 21.6 Å². The molecule has 2 heterocycles.